The third-order valence-corrected chi connectivity index (χ3v) is 13.3. The molecular formula is C37H51NO8. The Balaban J connectivity index is 1.16. The van der Waals surface area contributed by atoms with Crippen molar-refractivity contribution < 1.29 is 39.4 Å². The summed E-state index contributed by atoms with van der Waals surface area (Å²) in [6, 6.07) is 10.3. The van der Waals surface area contributed by atoms with Crippen molar-refractivity contribution in [1.29, 1.82) is 0 Å². The van der Waals surface area contributed by atoms with Gasteiger partial charge in [0.25, 0.3) is 0 Å². The number of esters is 1. The molecule has 1 saturated heterocycles. The van der Waals surface area contributed by atoms with Crippen LogP contribution in [0.4, 0.5) is 0 Å². The summed E-state index contributed by atoms with van der Waals surface area (Å²) in [4.78, 5) is 17.0. The lowest BCUT2D eigenvalue weighted by atomic mass is 9.41. The molecule has 0 aromatic heterocycles. The molecule has 6 aliphatic rings. The molecule has 2 aliphatic heterocycles. The largest absolute Gasteiger partial charge is 0.458 e. The zero-order valence-electron chi connectivity index (χ0n) is 27.2. The van der Waals surface area contributed by atoms with E-state index in [1.54, 1.807) is 13.0 Å². The van der Waals surface area contributed by atoms with E-state index in [4.69, 9.17) is 19.2 Å². The number of cyclic esters (lactones) is 1. The topological polar surface area (TPSA) is 138 Å². The number of aliphatic imine (C=N–C) groups is 1. The standard InChI is InChI=1S/C37H51NO8/c1-23-33(41)30(39)19-32(45-23)46-26-8-14-35(22-38-17-12-24-6-4-3-5-7-24)28-9-13-34(2)27(25-18-31(40)44-21-25)11-16-37(34,43)29(28)10-15-36(35,42)20-26/h3-7,18,22-23,26-30,32-33,39,41-43H,8-17,19-21H2,1-2H3. The predicted octanol–water partition coefficient (Wildman–Crippen LogP) is 3.89. The smallest absolute Gasteiger partial charge is 0.331 e. The second-order valence-electron chi connectivity index (χ2n) is 15.5. The van der Waals surface area contributed by atoms with Crippen LogP contribution >= 0.6 is 0 Å². The van der Waals surface area contributed by atoms with Crippen molar-refractivity contribution in [3.8, 4) is 0 Å². The van der Waals surface area contributed by atoms with Crippen molar-refractivity contribution >= 4 is 12.2 Å². The molecule has 12 atom stereocenters. The summed E-state index contributed by atoms with van der Waals surface area (Å²) in [7, 11) is 0. The minimum absolute atomic E-state index is 0.00681. The molecule has 4 aliphatic carbocycles. The van der Waals surface area contributed by atoms with E-state index in [9.17, 15) is 25.2 Å². The molecule has 7 rings (SSSR count). The third-order valence-electron chi connectivity index (χ3n) is 13.3. The van der Waals surface area contributed by atoms with Crippen molar-refractivity contribution in [2.45, 2.75) is 126 Å². The zero-order valence-corrected chi connectivity index (χ0v) is 27.2. The number of hydrogen-bond acceptors (Lipinski definition) is 9. The SMILES string of the molecule is CC1OC(OC2CCC3(C=NCCc4ccccc4)C4CCC5(C)C(C6=CC(=O)OC6)CCC5(O)C4CCC3(O)C2)CC(O)C1O. The summed E-state index contributed by atoms with van der Waals surface area (Å²) in [5, 5.41) is 46.0. The van der Waals surface area contributed by atoms with E-state index in [1.165, 1.54) is 5.56 Å². The second kappa shape index (κ2) is 12.1. The van der Waals surface area contributed by atoms with Gasteiger partial charge in [-0.25, -0.2) is 4.79 Å². The minimum Gasteiger partial charge on any atom is -0.458 e. The molecule has 12 unspecified atom stereocenters. The summed E-state index contributed by atoms with van der Waals surface area (Å²) in [5.41, 5.74) is -0.707. The van der Waals surface area contributed by atoms with E-state index < -0.39 is 41.2 Å². The molecule has 0 amide bonds. The number of carbonyl (C=O) groups excluding carboxylic acids is 1. The number of benzene rings is 1. The quantitative estimate of drug-likeness (QED) is 0.201. The molecule has 1 aromatic rings. The number of rotatable bonds is 7. The maximum atomic E-state index is 12.7. The summed E-state index contributed by atoms with van der Waals surface area (Å²) in [6.45, 7) is 4.90. The van der Waals surface area contributed by atoms with Crippen LogP contribution in [0.5, 0.6) is 0 Å². The van der Waals surface area contributed by atoms with E-state index in [-0.39, 0.29) is 41.7 Å². The van der Waals surface area contributed by atoms with Gasteiger partial charge in [-0.1, -0.05) is 37.3 Å². The predicted molar refractivity (Wildman–Crippen MR) is 171 cm³/mol. The van der Waals surface area contributed by atoms with E-state index in [1.807, 2.05) is 18.2 Å². The molecule has 252 valence electrons. The fourth-order valence-corrected chi connectivity index (χ4v) is 10.9. The summed E-state index contributed by atoms with van der Waals surface area (Å²) in [5.74, 6) is -0.110. The molecule has 0 radical (unpaired) electrons. The molecule has 0 spiro atoms. The van der Waals surface area contributed by atoms with Crippen molar-refractivity contribution in [2.24, 2.45) is 33.6 Å². The Labute approximate surface area is 272 Å². The maximum absolute atomic E-state index is 12.7. The van der Waals surface area contributed by atoms with Crippen LogP contribution in [-0.2, 0) is 25.4 Å². The summed E-state index contributed by atoms with van der Waals surface area (Å²) >= 11 is 0. The van der Waals surface area contributed by atoms with Gasteiger partial charge in [-0.3, -0.25) is 4.99 Å². The lowest BCUT2D eigenvalue weighted by Crippen LogP contribution is -2.69. The van der Waals surface area contributed by atoms with Crippen LogP contribution in [0, 0.1) is 28.6 Å². The van der Waals surface area contributed by atoms with Crippen LogP contribution < -0.4 is 0 Å². The fourth-order valence-electron chi connectivity index (χ4n) is 10.9. The first-order valence-corrected chi connectivity index (χ1v) is 17.5. The van der Waals surface area contributed by atoms with Gasteiger partial charge in [0.2, 0.25) is 0 Å². The lowest BCUT2D eigenvalue weighted by molar-refractivity contribution is -0.282. The van der Waals surface area contributed by atoms with Gasteiger partial charge in [-0.2, -0.15) is 0 Å². The van der Waals surface area contributed by atoms with Crippen LogP contribution in [0.15, 0.2) is 47.0 Å². The van der Waals surface area contributed by atoms with Gasteiger partial charge >= 0.3 is 5.97 Å². The molecule has 9 heteroatoms. The number of carbonyl (C=O) groups is 1. The monoisotopic (exact) mass is 637 g/mol. The minimum atomic E-state index is -1.07. The second-order valence-corrected chi connectivity index (χ2v) is 15.5. The van der Waals surface area contributed by atoms with Gasteiger partial charge in [0.05, 0.1) is 29.5 Å². The first-order valence-electron chi connectivity index (χ1n) is 17.5. The Morgan fingerprint density at radius 3 is 2.54 bits per heavy atom. The third kappa shape index (κ3) is 5.21. The Kier molecular flexibility index (Phi) is 8.51. The van der Waals surface area contributed by atoms with Crippen LogP contribution in [0.1, 0.15) is 83.6 Å². The first-order chi connectivity index (χ1) is 22.0. The van der Waals surface area contributed by atoms with Gasteiger partial charge in [-0.15, -0.1) is 0 Å². The molecule has 5 fully saturated rings. The number of aliphatic hydroxyl groups is 4. The average molecular weight is 638 g/mol. The van der Waals surface area contributed by atoms with Gasteiger partial charge in [0, 0.05) is 42.5 Å². The molecule has 4 saturated carbocycles. The van der Waals surface area contributed by atoms with Crippen LogP contribution in [0.25, 0.3) is 0 Å². The van der Waals surface area contributed by atoms with Crippen LogP contribution in [0.3, 0.4) is 0 Å². The molecule has 9 nitrogen and oxygen atoms in total. The highest BCUT2D eigenvalue weighted by Gasteiger charge is 2.71. The van der Waals surface area contributed by atoms with E-state index >= 15 is 0 Å². The number of nitrogens with zero attached hydrogens (tertiary/aromatic N) is 1. The zero-order chi connectivity index (χ0) is 32.3. The maximum Gasteiger partial charge on any atom is 0.331 e. The molecule has 46 heavy (non-hydrogen) atoms. The van der Waals surface area contributed by atoms with Gasteiger partial charge < -0.3 is 34.6 Å². The first kappa shape index (κ1) is 32.4. The van der Waals surface area contributed by atoms with Gasteiger partial charge in [0.15, 0.2) is 6.29 Å². The number of hydrogen-bond donors (Lipinski definition) is 4. The van der Waals surface area contributed by atoms with Gasteiger partial charge in [-0.05, 0) is 93.6 Å². The Bertz CT molecular complexity index is 1340. The Hall–Kier alpha value is -2.14. The van der Waals surface area contributed by atoms with E-state index in [0.29, 0.717) is 51.7 Å². The van der Waals surface area contributed by atoms with Crippen LogP contribution in [-0.4, -0.2) is 87.7 Å². The normalized spacial score (nSPS) is 47.2. The number of ether oxygens (including phenoxy) is 3. The number of fused-ring (bicyclic) bond motifs is 5. The Morgan fingerprint density at radius 2 is 1.80 bits per heavy atom. The number of aliphatic hydroxyl groups excluding tert-OH is 2. The van der Waals surface area contributed by atoms with Crippen LogP contribution in [0.2, 0.25) is 0 Å². The van der Waals surface area contributed by atoms with Crippen molar-refractivity contribution in [3.05, 3.63) is 47.5 Å². The Morgan fingerprint density at radius 1 is 1.02 bits per heavy atom. The van der Waals surface area contributed by atoms with Crippen molar-refractivity contribution in [2.75, 3.05) is 13.2 Å². The van der Waals surface area contributed by atoms with E-state index in [0.717, 1.165) is 31.3 Å². The molecule has 0 bridgehead atoms. The molecular weight excluding hydrogens is 586 g/mol. The van der Waals surface area contributed by atoms with Gasteiger partial charge in [0.1, 0.15) is 12.7 Å². The molecule has 2 heterocycles. The van der Waals surface area contributed by atoms with E-state index in [2.05, 4.69) is 25.3 Å². The van der Waals surface area contributed by atoms with Crippen molar-refractivity contribution in [3.63, 3.8) is 0 Å². The lowest BCUT2D eigenvalue weighted by Gasteiger charge is -2.66. The summed E-state index contributed by atoms with van der Waals surface area (Å²) < 4.78 is 17.6. The molecule has 4 N–H and O–H groups in total. The summed E-state index contributed by atoms with van der Waals surface area (Å²) in [6.07, 6.45) is 7.68. The molecule has 1 aromatic carbocycles. The highest BCUT2D eigenvalue weighted by atomic mass is 16.7. The average Bonchev–Trinajstić information content (AvgIpc) is 3.58. The highest BCUT2D eigenvalue weighted by Crippen LogP contribution is 2.70. The highest BCUT2D eigenvalue weighted by molar-refractivity contribution is 5.85. The van der Waals surface area contributed by atoms with Crippen molar-refractivity contribution in [1.82, 2.24) is 0 Å². The fraction of sp³-hybridized carbons (Fsp3) is 0.730.